The Balaban J connectivity index is 1.35. The number of hydrazone groups is 1. The molecule has 2 unspecified atom stereocenters. The summed E-state index contributed by atoms with van der Waals surface area (Å²) in [6, 6.07) is 13.1. The number of aldehydes is 1. The van der Waals surface area contributed by atoms with Crippen LogP contribution in [0.1, 0.15) is 60.6 Å². The maximum absolute atomic E-state index is 12.4. The molecule has 2 aromatic carbocycles. The quantitative estimate of drug-likeness (QED) is 0.369. The number of methoxy groups -OCH3 is 1. The van der Waals surface area contributed by atoms with Crippen LogP contribution in [0.15, 0.2) is 66.2 Å². The molecule has 5 rings (SSSR count). The number of hydrogen-bond acceptors (Lipinski definition) is 9. The molecule has 0 spiro atoms. The molecule has 1 fully saturated rings. The molecule has 1 aliphatic carbocycles. The third kappa shape index (κ3) is 6.28. The van der Waals surface area contributed by atoms with Crippen LogP contribution in [0, 0.1) is 0 Å². The van der Waals surface area contributed by atoms with Crippen molar-refractivity contribution in [2.45, 2.75) is 64.0 Å². The van der Waals surface area contributed by atoms with Gasteiger partial charge in [0, 0.05) is 23.6 Å². The number of carbonyl (C=O) groups is 2. The van der Waals surface area contributed by atoms with Gasteiger partial charge >= 0.3 is 0 Å². The SMILES string of the molecule is CCC1OC(C=O)N(Cc2ccc(NC(=O)c3cnccn3)cc2)N=C1c1ccc(OC)c(OC2CCCC2)c1. The summed E-state index contributed by atoms with van der Waals surface area (Å²) in [5.41, 5.74) is 3.33. The molecule has 1 aliphatic heterocycles. The molecule has 2 atom stereocenters. The van der Waals surface area contributed by atoms with E-state index in [1.807, 2.05) is 37.3 Å². The lowest BCUT2D eigenvalue weighted by molar-refractivity contribution is -0.139. The number of amides is 1. The first-order valence-electron chi connectivity index (χ1n) is 13.5. The fourth-order valence-electron chi connectivity index (χ4n) is 4.93. The minimum absolute atomic E-state index is 0.181. The number of ether oxygens (including phenoxy) is 3. The smallest absolute Gasteiger partial charge is 0.275 e. The largest absolute Gasteiger partial charge is 0.493 e. The average Bonchev–Trinajstić information content (AvgIpc) is 3.51. The molecule has 1 aromatic heterocycles. The minimum atomic E-state index is -0.822. The minimum Gasteiger partial charge on any atom is -0.493 e. The Labute approximate surface area is 233 Å². The van der Waals surface area contributed by atoms with Gasteiger partial charge in [-0.3, -0.25) is 19.6 Å². The summed E-state index contributed by atoms with van der Waals surface area (Å²) in [5, 5.41) is 9.35. The van der Waals surface area contributed by atoms with Gasteiger partial charge in [0.2, 0.25) is 6.23 Å². The van der Waals surface area contributed by atoms with Crippen molar-refractivity contribution >= 4 is 23.6 Å². The molecule has 40 heavy (non-hydrogen) atoms. The Morgan fingerprint density at radius 3 is 2.60 bits per heavy atom. The lowest BCUT2D eigenvalue weighted by atomic mass is 10.0. The third-order valence-electron chi connectivity index (χ3n) is 7.03. The second-order valence-electron chi connectivity index (χ2n) is 9.77. The lowest BCUT2D eigenvalue weighted by Gasteiger charge is -2.35. The zero-order valence-electron chi connectivity index (χ0n) is 22.7. The number of rotatable bonds is 10. The molecule has 1 amide bonds. The molecule has 0 radical (unpaired) electrons. The number of anilines is 1. The summed E-state index contributed by atoms with van der Waals surface area (Å²) in [6.07, 6.45) is 9.22. The molecule has 0 bridgehead atoms. The van der Waals surface area contributed by atoms with Crippen molar-refractivity contribution < 1.29 is 23.8 Å². The van der Waals surface area contributed by atoms with E-state index in [0.29, 0.717) is 30.2 Å². The summed E-state index contributed by atoms with van der Waals surface area (Å²) in [4.78, 5) is 32.3. The zero-order chi connectivity index (χ0) is 27.9. The zero-order valence-corrected chi connectivity index (χ0v) is 22.7. The van der Waals surface area contributed by atoms with E-state index in [1.54, 1.807) is 24.3 Å². The monoisotopic (exact) mass is 543 g/mol. The molecule has 2 aliphatic rings. The predicted octanol–water partition coefficient (Wildman–Crippen LogP) is 4.60. The van der Waals surface area contributed by atoms with Gasteiger partial charge in [0.15, 0.2) is 17.8 Å². The molecule has 1 N–H and O–H groups in total. The number of nitrogens with one attached hydrogen (secondary N) is 1. The first-order valence-corrected chi connectivity index (χ1v) is 13.5. The van der Waals surface area contributed by atoms with Gasteiger partial charge in [-0.05, 0) is 68.0 Å². The van der Waals surface area contributed by atoms with Crippen molar-refractivity contribution in [3.8, 4) is 11.5 Å². The molecular formula is C30H33N5O5. The van der Waals surface area contributed by atoms with E-state index in [0.717, 1.165) is 36.0 Å². The number of hydrogen-bond donors (Lipinski definition) is 1. The van der Waals surface area contributed by atoms with Crippen LogP contribution in [0.5, 0.6) is 11.5 Å². The third-order valence-corrected chi connectivity index (χ3v) is 7.03. The normalized spacial score (nSPS) is 19.1. The highest BCUT2D eigenvalue weighted by Gasteiger charge is 2.32. The van der Waals surface area contributed by atoms with Crippen LogP contribution >= 0.6 is 0 Å². The van der Waals surface area contributed by atoms with Crippen LogP contribution in [0.3, 0.4) is 0 Å². The van der Waals surface area contributed by atoms with E-state index >= 15 is 0 Å². The maximum atomic E-state index is 12.4. The van der Waals surface area contributed by atoms with Gasteiger partial charge in [-0.1, -0.05) is 19.1 Å². The number of nitrogens with zero attached hydrogens (tertiary/aromatic N) is 4. The van der Waals surface area contributed by atoms with Crippen molar-refractivity contribution in [3.05, 3.63) is 77.9 Å². The maximum Gasteiger partial charge on any atom is 0.275 e. The highest BCUT2D eigenvalue weighted by Crippen LogP contribution is 2.34. The van der Waals surface area contributed by atoms with Gasteiger partial charge in [-0.15, -0.1) is 0 Å². The van der Waals surface area contributed by atoms with Crippen molar-refractivity contribution in [2.75, 3.05) is 12.4 Å². The first kappa shape index (κ1) is 27.3. The van der Waals surface area contributed by atoms with Crippen LogP contribution in [-0.2, 0) is 16.1 Å². The van der Waals surface area contributed by atoms with Crippen molar-refractivity contribution in [1.29, 1.82) is 0 Å². The Morgan fingerprint density at radius 1 is 1.12 bits per heavy atom. The summed E-state index contributed by atoms with van der Waals surface area (Å²) in [7, 11) is 1.63. The first-order chi connectivity index (χ1) is 19.6. The van der Waals surface area contributed by atoms with Crippen LogP contribution in [0.4, 0.5) is 5.69 Å². The second kappa shape index (κ2) is 12.7. The molecule has 3 aromatic rings. The standard InChI is InChI=1S/C30H33N5O5/c1-3-25-29(21-10-13-26(38-2)27(16-21)39-23-6-4-5-7-23)34-35(28(19-36)40-25)18-20-8-11-22(12-9-20)33-30(37)24-17-31-14-15-32-24/h8-17,19,23,25,28H,3-7,18H2,1-2H3,(H,33,37). The van der Waals surface area contributed by atoms with E-state index in [9.17, 15) is 9.59 Å². The summed E-state index contributed by atoms with van der Waals surface area (Å²) in [6.45, 7) is 2.34. The van der Waals surface area contributed by atoms with Crippen molar-refractivity contribution in [2.24, 2.45) is 5.10 Å². The van der Waals surface area contributed by atoms with E-state index in [2.05, 4.69) is 15.3 Å². The highest BCUT2D eigenvalue weighted by molar-refractivity contribution is 6.04. The molecule has 0 saturated heterocycles. The van der Waals surface area contributed by atoms with Crippen LogP contribution < -0.4 is 14.8 Å². The van der Waals surface area contributed by atoms with Gasteiger partial charge in [0.1, 0.15) is 11.8 Å². The Hall–Kier alpha value is -4.31. The number of benzene rings is 2. The summed E-state index contributed by atoms with van der Waals surface area (Å²) < 4.78 is 18.0. The second-order valence-corrected chi connectivity index (χ2v) is 9.77. The molecule has 10 nitrogen and oxygen atoms in total. The van der Waals surface area contributed by atoms with Crippen molar-refractivity contribution in [3.63, 3.8) is 0 Å². The number of aromatic nitrogens is 2. The van der Waals surface area contributed by atoms with Gasteiger partial charge in [-0.25, -0.2) is 4.98 Å². The van der Waals surface area contributed by atoms with E-state index < -0.39 is 6.23 Å². The highest BCUT2D eigenvalue weighted by atomic mass is 16.5. The molecule has 208 valence electrons. The van der Waals surface area contributed by atoms with E-state index in [1.165, 1.54) is 31.4 Å². The fraction of sp³-hybridized carbons (Fsp3) is 0.367. The van der Waals surface area contributed by atoms with Gasteiger partial charge in [0.05, 0.1) is 31.7 Å². The Kier molecular flexibility index (Phi) is 8.65. The molecular weight excluding hydrogens is 510 g/mol. The molecule has 10 heteroatoms. The lowest BCUT2D eigenvalue weighted by Crippen LogP contribution is -2.45. The van der Waals surface area contributed by atoms with Gasteiger partial charge in [0.25, 0.3) is 5.91 Å². The Bertz CT molecular complexity index is 1340. The van der Waals surface area contributed by atoms with Crippen LogP contribution in [-0.4, -0.2) is 58.4 Å². The predicted molar refractivity (Wildman–Crippen MR) is 149 cm³/mol. The summed E-state index contributed by atoms with van der Waals surface area (Å²) >= 11 is 0. The molecule has 2 heterocycles. The Morgan fingerprint density at radius 2 is 1.93 bits per heavy atom. The fourth-order valence-corrected chi connectivity index (χ4v) is 4.93. The van der Waals surface area contributed by atoms with E-state index in [-0.39, 0.29) is 23.8 Å². The van der Waals surface area contributed by atoms with Crippen LogP contribution in [0.25, 0.3) is 0 Å². The van der Waals surface area contributed by atoms with Crippen molar-refractivity contribution in [1.82, 2.24) is 15.0 Å². The summed E-state index contributed by atoms with van der Waals surface area (Å²) in [5.74, 6) is 1.02. The molecule has 1 saturated carbocycles. The van der Waals surface area contributed by atoms with Gasteiger partial charge < -0.3 is 19.5 Å². The van der Waals surface area contributed by atoms with Gasteiger partial charge in [-0.2, -0.15) is 5.10 Å². The van der Waals surface area contributed by atoms with Crippen LogP contribution in [0.2, 0.25) is 0 Å². The average molecular weight is 544 g/mol. The number of carbonyl (C=O) groups excluding carboxylic acids is 2. The topological polar surface area (TPSA) is 115 Å². The van der Waals surface area contributed by atoms with E-state index in [4.69, 9.17) is 19.3 Å².